The van der Waals surface area contributed by atoms with Crippen LogP contribution in [0.3, 0.4) is 0 Å². The average Bonchev–Trinajstić information content (AvgIpc) is 2.91. The fourth-order valence-electron chi connectivity index (χ4n) is 4.82. The zero-order valence-corrected chi connectivity index (χ0v) is 22.8. The van der Waals surface area contributed by atoms with Crippen LogP contribution in [0.15, 0.2) is 77.7 Å². The summed E-state index contributed by atoms with van der Waals surface area (Å²) in [5.41, 5.74) is 5.16. The third-order valence-electron chi connectivity index (χ3n) is 6.69. The molecule has 1 aliphatic carbocycles. The van der Waals surface area contributed by atoms with Gasteiger partial charge in [0, 0.05) is 47.4 Å². The molecule has 0 radical (unpaired) electrons. The second-order valence-electron chi connectivity index (χ2n) is 8.62. The van der Waals surface area contributed by atoms with Crippen molar-refractivity contribution in [2.45, 2.75) is 27.7 Å². The first kappa shape index (κ1) is 28.0. The summed E-state index contributed by atoms with van der Waals surface area (Å²) in [5, 5.41) is 2.07. The lowest BCUT2D eigenvalue weighted by molar-refractivity contribution is -0.0000244. The van der Waals surface area contributed by atoms with Crippen LogP contribution in [-0.4, -0.2) is 38.8 Å². The Labute approximate surface area is 225 Å². The first-order chi connectivity index (χ1) is 17.6. The minimum atomic E-state index is -0.368. The normalized spacial score (nSPS) is 10.7. The van der Waals surface area contributed by atoms with Gasteiger partial charge in [0.25, 0.3) is 0 Å². The van der Waals surface area contributed by atoms with E-state index in [-0.39, 0.29) is 25.0 Å². The maximum atomic E-state index is 13.0. The highest BCUT2D eigenvalue weighted by atomic mass is 35.5. The molecule has 0 unspecified atom stereocenters. The van der Waals surface area contributed by atoms with Gasteiger partial charge in [-0.2, -0.15) is 0 Å². The van der Waals surface area contributed by atoms with Crippen molar-refractivity contribution in [1.82, 2.24) is 4.58 Å². The van der Waals surface area contributed by atoms with Gasteiger partial charge in [-0.25, -0.2) is 9.37 Å². The Morgan fingerprint density at radius 3 is 2.38 bits per heavy atom. The Bertz CT molecular complexity index is 1430. The molecule has 0 aromatic heterocycles. The summed E-state index contributed by atoms with van der Waals surface area (Å²) in [6.45, 7) is 16.1. The van der Waals surface area contributed by atoms with Crippen molar-refractivity contribution in [3.8, 4) is 22.5 Å². The van der Waals surface area contributed by atoms with E-state index in [1.807, 2.05) is 24.3 Å². The van der Waals surface area contributed by atoms with Crippen LogP contribution in [0.5, 0.6) is 0 Å². The van der Waals surface area contributed by atoms with Crippen molar-refractivity contribution in [3.63, 3.8) is 0 Å². The molecule has 37 heavy (non-hydrogen) atoms. The predicted molar refractivity (Wildman–Crippen MR) is 149 cm³/mol. The van der Waals surface area contributed by atoms with Gasteiger partial charge in [-0.15, -0.1) is 0 Å². The molecule has 1 aliphatic heterocycles. The van der Waals surface area contributed by atoms with Gasteiger partial charge in [0.05, 0.1) is 11.6 Å². The molecular weight excluding hydrogens is 484 g/mol. The summed E-state index contributed by atoms with van der Waals surface area (Å²) in [7, 11) is 0. The Balaban J connectivity index is 0.00000380. The molecule has 5 nitrogen and oxygen atoms in total. The maximum absolute atomic E-state index is 13.0. The highest BCUT2D eigenvalue weighted by Gasteiger charge is 2.23. The largest absolute Gasteiger partial charge is 1.00 e. The van der Waals surface area contributed by atoms with Crippen molar-refractivity contribution < 1.29 is 26.4 Å². The van der Waals surface area contributed by atoms with Gasteiger partial charge in [-0.05, 0) is 57.5 Å². The quantitative estimate of drug-likeness (QED) is 0.148. The molecule has 4 rings (SSSR count). The zero-order chi connectivity index (χ0) is 25.7. The molecule has 0 saturated carbocycles. The molecule has 0 amide bonds. The van der Waals surface area contributed by atoms with Crippen molar-refractivity contribution >= 4 is 22.6 Å². The molecule has 0 spiro atoms. The Morgan fingerprint density at radius 2 is 1.70 bits per heavy atom. The summed E-state index contributed by atoms with van der Waals surface area (Å²) < 4.78 is 14.3. The van der Waals surface area contributed by atoms with E-state index in [0.29, 0.717) is 5.56 Å². The van der Waals surface area contributed by atoms with Gasteiger partial charge < -0.3 is 26.5 Å². The lowest BCUT2D eigenvalue weighted by Gasteiger charge is -2.22. The van der Waals surface area contributed by atoms with E-state index >= 15 is 0 Å². The SMILES string of the molecule is C=CCOC(=O)c1ccccc1-c1c2ccc(=[N+](CC)CC)cc-2oc2cc(N(CC)CC)ccc12.[Cl-]. The van der Waals surface area contributed by atoms with Crippen molar-refractivity contribution in [3.05, 3.63) is 84.2 Å². The van der Waals surface area contributed by atoms with E-state index in [4.69, 9.17) is 9.15 Å². The minimum Gasteiger partial charge on any atom is -1.00 e. The first-order valence-corrected chi connectivity index (χ1v) is 12.8. The van der Waals surface area contributed by atoms with Gasteiger partial charge in [0.15, 0.2) is 0 Å². The average molecular weight is 519 g/mol. The van der Waals surface area contributed by atoms with Gasteiger partial charge in [-0.1, -0.05) is 30.9 Å². The number of nitrogens with zero attached hydrogens (tertiary/aromatic N) is 2. The number of rotatable bonds is 9. The molecule has 0 saturated heterocycles. The third-order valence-corrected chi connectivity index (χ3v) is 6.69. The van der Waals surface area contributed by atoms with Gasteiger partial charge in [-0.3, -0.25) is 0 Å². The Morgan fingerprint density at radius 1 is 0.973 bits per heavy atom. The molecule has 1 heterocycles. The molecule has 2 aliphatic rings. The summed E-state index contributed by atoms with van der Waals surface area (Å²) in [6, 6.07) is 20.3. The van der Waals surface area contributed by atoms with Crippen LogP contribution in [0.2, 0.25) is 0 Å². The van der Waals surface area contributed by atoms with E-state index in [1.165, 1.54) is 0 Å². The number of esters is 1. The molecular formula is C31H35ClN2O3. The second kappa shape index (κ2) is 12.6. The highest BCUT2D eigenvalue weighted by Crippen LogP contribution is 2.42. The van der Waals surface area contributed by atoms with Crippen molar-refractivity contribution in [1.29, 1.82) is 0 Å². The number of ether oxygens (including phenoxy) is 1. The number of benzene rings is 3. The van der Waals surface area contributed by atoms with Crippen LogP contribution >= 0.6 is 0 Å². The zero-order valence-electron chi connectivity index (χ0n) is 22.1. The lowest BCUT2D eigenvalue weighted by atomic mass is 9.90. The standard InChI is InChI=1S/C31H35N2O3.ClH/c1-6-19-35-31(34)25-14-12-11-13-24(25)30-26-17-15-22(32(7-2)8-3)20-28(26)36-29-21-23(16-18-27(29)30)33(9-4)10-5;/h6,11-18,20-21H,1,7-10,19H2,2-5H3;1H/q+1;/p-1. The molecule has 6 heteroatoms. The van der Waals surface area contributed by atoms with Crippen molar-refractivity contribution in [2.75, 3.05) is 37.7 Å². The number of hydrogen-bond donors (Lipinski definition) is 0. The number of fused-ring (bicyclic) bond motifs is 2. The van der Waals surface area contributed by atoms with E-state index in [2.05, 4.69) is 80.1 Å². The topological polar surface area (TPSA) is 45.7 Å². The fraction of sp³-hybridized carbons (Fsp3) is 0.290. The van der Waals surface area contributed by atoms with E-state index in [1.54, 1.807) is 6.08 Å². The van der Waals surface area contributed by atoms with Crippen LogP contribution in [0.25, 0.3) is 33.4 Å². The second-order valence-corrected chi connectivity index (χ2v) is 8.62. The first-order valence-electron chi connectivity index (χ1n) is 12.8. The summed E-state index contributed by atoms with van der Waals surface area (Å²) in [4.78, 5) is 15.3. The van der Waals surface area contributed by atoms with Crippen LogP contribution in [0, 0.1) is 0 Å². The monoisotopic (exact) mass is 518 g/mol. The van der Waals surface area contributed by atoms with Gasteiger partial charge >= 0.3 is 5.97 Å². The number of carbonyl (C=O) groups is 1. The summed E-state index contributed by atoms with van der Waals surface area (Å²) >= 11 is 0. The van der Waals surface area contributed by atoms with Crippen LogP contribution in [0.4, 0.5) is 5.69 Å². The Kier molecular flexibility index (Phi) is 9.54. The van der Waals surface area contributed by atoms with Crippen LogP contribution in [-0.2, 0) is 4.74 Å². The minimum absolute atomic E-state index is 0. The summed E-state index contributed by atoms with van der Waals surface area (Å²) in [6.07, 6.45) is 1.58. The number of hydrogen-bond acceptors (Lipinski definition) is 4. The molecule has 2 aromatic rings. The molecule has 194 valence electrons. The molecule has 0 bridgehead atoms. The van der Waals surface area contributed by atoms with Crippen LogP contribution < -0.4 is 27.2 Å². The predicted octanol–water partition coefficient (Wildman–Crippen LogP) is 3.21. The van der Waals surface area contributed by atoms with Gasteiger partial charge in [0.1, 0.15) is 31.0 Å². The fourth-order valence-corrected chi connectivity index (χ4v) is 4.82. The number of halogens is 1. The van der Waals surface area contributed by atoms with Gasteiger partial charge in [0.2, 0.25) is 5.36 Å². The van der Waals surface area contributed by atoms with Crippen molar-refractivity contribution in [2.24, 2.45) is 0 Å². The third kappa shape index (κ3) is 5.57. The maximum Gasteiger partial charge on any atom is 0.339 e. The smallest absolute Gasteiger partial charge is 0.339 e. The number of carbonyl (C=O) groups excluding carboxylic acids is 1. The molecule has 2 aromatic carbocycles. The van der Waals surface area contributed by atoms with Crippen LogP contribution in [0.1, 0.15) is 38.1 Å². The molecule has 0 fully saturated rings. The summed E-state index contributed by atoms with van der Waals surface area (Å²) in [5.74, 6) is 0.417. The molecule has 0 N–H and O–H groups in total. The van der Waals surface area contributed by atoms with E-state index in [9.17, 15) is 4.79 Å². The van der Waals surface area contributed by atoms with E-state index < -0.39 is 0 Å². The Hall–Kier alpha value is -3.57. The highest BCUT2D eigenvalue weighted by molar-refractivity contribution is 6.08. The lowest BCUT2D eigenvalue weighted by Crippen LogP contribution is -3.00. The molecule has 0 atom stereocenters. The van der Waals surface area contributed by atoms with E-state index in [0.717, 1.165) is 70.6 Å². The number of anilines is 1.